The lowest BCUT2D eigenvalue weighted by molar-refractivity contribution is -0.115. The van der Waals surface area contributed by atoms with E-state index in [4.69, 9.17) is 0 Å². The molecule has 0 saturated heterocycles. The lowest BCUT2D eigenvalue weighted by Gasteiger charge is -2.14. The minimum absolute atomic E-state index is 0.0896. The van der Waals surface area contributed by atoms with Gasteiger partial charge in [0.25, 0.3) is 0 Å². The van der Waals surface area contributed by atoms with Crippen LogP contribution in [0.15, 0.2) is 66.1 Å². The van der Waals surface area contributed by atoms with E-state index in [1.54, 1.807) is 23.3 Å². The molecule has 0 aliphatic carbocycles. The third-order valence-electron chi connectivity index (χ3n) is 3.14. The summed E-state index contributed by atoms with van der Waals surface area (Å²) < 4.78 is 1.62. The van der Waals surface area contributed by atoms with Gasteiger partial charge in [0.2, 0.25) is 5.91 Å². The van der Waals surface area contributed by atoms with Crippen LogP contribution in [0.1, 0.15) is 6.92 Å². The molecular weight excluding hydrogens is 310 g/mol. The summed E-state index contributed by atoms with van der Waals surface area (Å²) in [6, 6.07) is 13.1. The third-order valence-corrected chi connectivity index (χ3v) is 4.19. The van der Waals surface area contributed by atoms with Crippen LogP contribution in [0.3, 0.4) is 0 Å². The van der Waals surface area contributed by atoms with Crippen LogP contribution >= 0.6 is 11.8 Å². The van der Waals surface area contributed by atoms with Crippen LogP contribution < -0.4 is 5.32 Å². The van der Waals surface area contributed by atoms with Crippen LogP contribution in [0, 0.1) is 0 Å². The summed E-state index contributed by atoms with van der Waals surface area (Å²) in [4.78, 5) is 16.7. The molecule has 0 fully saturated rings. The molecule has 0 bridgehead atoms. The Balaban J connectivity index is 1.73. The van der Waals surface area contributed by atoms with Crippen LogP contribution in [-0.2, 0) is 4.79 Å². The monoisotopic (exact) mass is 325 g/mol. The Morgan fingerprint density at radius 3 is 2.74 bits per heavy atom. The first-order chi connectivity index (χ1) is 11.2. The molecule has 116 valence electrons. The van der Waals surface area contributed by atoms with Crippen molar-refractivity contribution < 1.29 is 4.79 Å². The number of hydrogen-bond acceptors (Lipinski definition) is 5. The summed E-state index contributed by atoms with van der Waals surface area (Å²) in [6.07, 6.45) is 5.04. The summed E-state index contributed by atoms with van der Waals surface area (Å²) in [7, 11) is 0. The number of thioether (sulfide) groups is 1. The van der Waals surface area contributed by atoms with Crippen molar-refractivity contribution in [3.05, 3.63) is 61.1 Å². The average Bonchev–Trinajstić information content (AvgIpc) is 3.10. The van der Waals surface area contributed by atoms with E-state index in [2.05, 4.69) is 20.6 Å². The smallest absolute Gasteiger partial charge is 0.237 e. The van der Waals surface area contributed by atoms with Gasteiger partial charge < -0.3 is 5.32 Å². The van der Waals surface area contributed by atoms with Crippen molar-refractivity contribution in [3.8, 4) is 5.69 Å². The second-order valence-electron chi connectivity index (χ2n) is 4.78. The maximum atomic E-state index is 12.4. The molecule has 0 aliphatic heterocycles. The number of amides is 1. The van der Waals surface area contributed by atoms with E-state index < -0.39 is 0 Å². The third kappa shape index (κ3) is 3.75. The van der Waals surface area contributed by atoms with Gasteiger partial charge in [-0.2, -0.15) is 0 Å². The molecule has 1 N–H and O–H groups in total. The number of para-hydroxylation sites is 2. The zero-order chi connectivity index (χ0) is 16.1. The number of rotatable bonds is 5. The van der Waals surface area contributed by atoms with Crippen molar-refractivity contribution in [2.45, 2.75) is 17.2 Å². The van der Waals surface area contributed by atoms with Gasteiger partial charge in [0.15, 0.2) is 0 Å². The summed E-state index contributed by atoms with van der Waals surface area (Å²) in [5.41, 5.74) is 1.46. The van der Waals surface area contributed by atoms with Gasteiger partial charge in [-0.15, -0.1) is 5.10 Å². The molecular formula is C16H15N5OS. The lowest BCUT2D eigenvalue weighted by Crippen LogP contribution is -2.23. The van der Waals surface area contributed by atoms with Gasteiger partial charge in [-0.1, -0.05) is 35.2 Å². The lowest BCUT2D eigenvalue weighted by atomic mass is 10.2. The van der Waals surface area contributed by atoms with Crippen molar-refractivity contribution in [2.24, 2.45) is 0 Å². The predicted octanol–water partition coefficient (Wildman–Crippen LogP) is 2.78. The second-order valence-corrected chi connectivity index (χ2v) is 6.14. The number of benzene rings is 1. The highest BCUT2D eigenvalue weighted by atomic mass is 32.2. The first-order valence-corrected chi connectivity index (χ1v) is 7.96. The Kier molecular flexibility index (Phi) is 4.68. The maximum absolute atomic E-state index is 12.4. The molecule has 1 amide bonds. The summed E-state index contributed by atoms with van der Waals surface area (Å²) >= 11 is 1.42. The van der Waals surface area contributed by atoms with Gasteiger partial charge in [-0.3, -0.25) is 4.79 Å². The minimum atomic E-state index is -0.270. The fourth-order valence-corrected chi connectivity index (χ4v) is 2.81. The van der Waals surface area contributed by atoms with Gasteiger partial charge in [-0.05, 0) is 31.2 Å². The first-order valence-electron chi connectivity index (χ1n) is 7.08. The quantitative estimate of drug-likeness (QED) is 0.730. The number of nitrogens with zero attached hydrogens (tertiary/aromatic N) is 4. The van der Waals surface area contributed by atoms with Crippen molar-refractivity contribution in [1.82, 2.24) is 20.0 Å². The molecule has 1 atom stereocenters. The van der Waals surface area contributed by atoms with Crippen LogP contribution in [0.5, 0.6) is 0 Å². The van der Waals surface area contributed by atoms with E-state index in [-0.39, 0.29) is 11.2 Å². The number of hydrogen-bond donors (Lipinski definition) is 1. The van der Waals surface area contributed by atoms with Gasteiger partial charge in [0, 0.05) is 6.20 Å². The first kappa shape index (κ1) is 15.2. The Labute approximate surface area is 137 Å². The maximum Gasteiger partial charge on any atom is 0.237 e. The van der Waals surface area contributed by atoms with Gasteiger partial charge in [0.1, 0.15) is 0 Å². The molecule has 0 saturated carbocycles. The van der Waals surface area contributed by atoms with E-state index in [1.165, 1.54) is 11.8 Å². The molecule has 1 aromatic carbocycles. The number of pyridine rings is 1. The molecule has 23 heavy (non-hydrogen) atoms. The van der Waals surface area contributed by atoms with Crippen LogP contribution in [-0.4, -0.2) is 31.1 Å². The standard InChI is InChI=1S/C16H15N5OS/c1-12(23-15-8-4-5-9-17-15)16(22)19-13-6-2-3-7-14(13)21-11-10-18-20-21/h2-12H,1H3,(H,19,22). The molecule has 7 heteroatoms. The van der Waals surface area contributed by atoms with E-state index in [0.717, 1.165) is 10.7 Å². The number of carbonyl (C=O) groups excluding carboxylic acids is 1. The fourth-order valence-electron chi connectivity index (χ4n) is 2.00. The van der Waals surface area contributed by atoms with Gasteiger partial charge in [0.05, 0.1) is 34.0 Å². The van der Waals surface area contributed by atoms with E-state index in [0.29, 0.717) is 5.69 Å². The zero-order valence-electron chi connectivity index (χ0n) is 12.5. The van der Waals surface area contributed by atoms with E-state index in [9.17, 15) is 4.79 Å². The summed E-state index contributed by atoms with van der Waals surface area (Å²) in [5.74, 6) is -0.0896. The Morgan fingerprint density at radius 2 is 2.00 bits per heavy atom. The van der Waals surface area contributed by atoms with E-state index in [1.807, 2.05) is 49.4 Å². The van der Waals surface area contributed by atoms with Crippen molar-refractivity contribution in [1.29, 1.82) is 0 Å². The van der Waals surface area contributed by atoms with Crippen molar-refractivity contribution in [2.75, 3.05) is 5.32 Å². The topological polar surface area (TPSA) is 72.7 Å². The van der Waals surface area contributed by atoms with Crippen molar-refractivity contribution >= 4 is 23.4 Å². The number of carbonyl (C=O) groups is 1. The number of anilines is 1. The van der Waals surface area contributed by atoms with E-state index >= 15 is 0 Å². The van der Waals surface area contributed by atoms with Gasteiger partial charge in [-0.25, -0.2) is 9.67 Å². The van der Waals surface area contributed by atoms with Crippen LogP contribution in [0.2, 0.25) is 0 Å². The zero-order valence-corrected chi connectivity index (χ0v) is 13.3. The summed E-state index contributed by atoms with van der Waals surface area (Å²) in [5, 5.41) is 11.3. The minimum Gasteiger partial charge on any atom is -0.323 e. The highest BCUT2D eigenvalue weighted by molar-refractivity contribution is 8.00. The normalized spacial score (nSPS) is 11.9. The van der Waals surface area contributed by atoms with Crippen LogP contribution in [0.4, 0.5) is 5.69 Å². The second kappa shape index (κ2) is 7.06. The molecule has 1 unspecified atom stereocenters. The number of nitrogens with one attached hydrogen (secondary N) is 1. The molecule has 2 heterocycles. The fraction of sp³-hybridized carbons (Fsp3) is 0.125. The molecule has 0 radical (unpaired) electrons. The molecule has 0 aliphatic rings. The molecule has 6 nitrogen and oxygen atoms in total. The van der Waals surface area contributed by atoms with Crippen molar-refractivity contribution in [3.63, 3.8) is 0 Å². The SMILES string of the molecule is CC(Sc1ccccn1)C(=O)Nc1ccccc1-n1ccnn1. The molecule has 3 rings (SSSR count). The molecule has 3 aromatic rings. The summed E-state index contributed by atoms with van der Waals surface area (Å²) in [6.45, 7) is 1.85. The highest BCUT2D eigenvalue weighted by Gasteiger charge is 2.17. The van der Waals surface area contributed by atoms with Crippen LogP contribution in [0.25, 0.3) is 5.69 Å². The predicted molar refractivity (Wildman–Crippen MR) is 89.5 cm³/mol. The highest BCUT2D eigenvalue weighted by Crippen LogP contribution is 2.24. The van der Waals surface area contributed by atoms with Gasteiger partial charge >= 0.3 is 0 Å². The number of aromatic nitrogens is 4. The Hall–Kier alpha value is -2.67. The Bertz CT molecular complexity index is 776. The molecule has 2 aromatic heterocycles. The largest absolute Gasteiger partial charge is 0.323 e. The average molecular weight is 325 g/mol. The molecule has 0 spiro atoms. The Morgan fingerprint density at radius 1 is 1.17 bits per heavy atom.